The van der Waals surface area contributed by atoms with E-state index in [0.29, 0.717) is 5.00 Å². The van der Waals surface area contributed by atoms with Crippen molar-refractivity contribution in [3.63, 3.8) is 0 Å². The van der Waals surface area contributed by atoms with Crippen LogP contribution in [-0.4, -0.2) is 11.8 Å². The van der Waals surface area contributed by atoms with Crippen LogP contribution in [0.4, 0.5) is 9.39 Å². The van der Waals surface area contributed by atoms with Crippen molar-refractivity contribution < 1.29 is 14.0 Å². The Labute approximate surface area is 120 Å². The van der Waals surface area contributed by atoms with Gasteiger partial charge in [0.1, 0.15) is 10.8 Å². The van der Waals surface area contributed by atoms with Gasteiger partial charge in [0.15, 0.2) is 0 Å². The van der Waals surface area contributed by atoms with Gasteiger partial charge < -0.3 is 11.1 Å². The third-order valence-electron chi connectivity index (χ3n) is 2.35. The lowest BCUT2D eigenvalue weighted by molar-refractivity contribution is 0.100. The zero-order valence-corrected chi connectivity index (χ0v) is 11.8. The summed E-state index contributed by atoms with van der Waals surface area (Å²) in [4.78, 5) is 23.1. The fourth-order valence-electron chi connectivity index (χ4n) is 1.45. The number of nitrogens with one attached hydrogen (secondary N) is 1. The van der Waals surface area contributed by atoms with Crippen molar-refractivity contribution in [2.75, 3.05) is 5.32 Å². The van der Waals surface area contributed by atoms with E-state index >= 15 is 0 Å². The predicted molar refractivity (Wildman–Crippen MR) is 74.9 cm³/mol. The molecule has 0 saturated heterocycles. The Balaban J connectivity index is 2.29. The van der Waals surface area contributed by atoms with Crippen molar-refractivity contribution in [1.29, 1.82) is 0 Å². The predicted octanol–water partition coefficient (Wildman–Crippen LogP) is 3.00. The maximum absolute atomic E-state index is 13.3. The second kappa shape index (κ2) is 5.50. The summed E-state index contributed by atoms with van der Waals surface area (Å²) in [5.41, 5.74) is 5.54. The maximum Gasteiger partial charge on any atom is 0.257 e. The molecule has 0 atom stereocenters. The van der Waals surface area contributed by atoms with E-state index < -0.39 is 17.6 Å². The summed E-state index contributed by atoms with van der Waals surface area (Å²) < 4.78 is 13.4. The lowest BCUT2D eigenvalue weighted by Gasteiger charge is -2.06. The van der Waals surface area contributed by atoms with Gasteiger partial charge in [-0.2, -0.15) is 0 Å². The topological polar surface area (TPSA) is 72.2 Å². The highest BCUT2D eigenvalue weighted by atomic mass is 79.9. The number of rotatable bonds is 3. The SMILES string of the molecule is NC(=O)c1ccsc1NC(=O)c1cccc(F)c1Br. The molecular weight excluding hydrogens is 335 g/mol. The van der Waals surface area contributed by atoms with Gasteiger partial charge in [-0.25, -0.2) is 4.39 Å². The molecule has 2 amide bonds. The maximum atomic E-state index is 13.3. The third-order valence-corrected chi connectivity index (χ3v) is 3.99. The molecule has 0 radical (unpaired) electrons. The largest absolute Gasteiger partial charge is 0.366 e. The first-order valence-electron chi connectivity index (χ1n) is 5.13. The summed E-state index contributed by atoms with van der Waals surface area (Å²) in [6, 6.07) is 5.66. The number of carbonyl (C=O) groups excluding carboxylic acids is 2. The van der Waals surface area contributed by atoms with Crippen LogP contribution in [0.5, 0.6) is 0 Å². The summed E-state index contributed by atoms with van der Waals surface area (Å²) in [5.74, 6) is -1.68. The van der Waals surface area contributed by atoms with Crippen molar-refractivity contribution in [3.8, 4) is 0 Å². The van der Waals surface area contributed by atoms with Gasteiger partial charge in [-0.15, -0.1) is 11.3 Å². The number of carbonyl (C=O) groups is 2. The first-order chi connectivity index (χ1) is 9.00. The Morgan fingerprint density at radius 3 is 2.68 bits per heavy atom. The highest BCUT2D eigenvalue weighted by Gasteiger charge is 2.16. The molecule has 0 aliphatic rings. The molecule has 98 valence electrons. The molecule has 4 nitrogen and oxygen atoms in total. The van der Waals surface area contributed by atoms with Crippen LogP contribution in [0.25, 0.3) is 0 Å². The van der Waals surface area contributed by atoms with E-state index in [1.54, 1.807) is 5.38 Å². The zero-order chi connectivity index (χ0) is 14.0. The van der Waals surface area contributed by atoms with Crippen LogP contribution in [0.15, 0.2) is 34.1 Å². The highest BCUT2D eigenvalue weighted by molar-refractivity contribution is 9.10. The molecule has 0 spiro atoms. The van der Waals surface area contributed by atoms with Crippen LogP contribution >= 0.6 is 27.3 Å². The molecule has 0 fully saturated rings. The van der Waals surface area contributed by atoms with Gasteiger partial charge in [0.05, 0.1) is 15.6 Å². The molecule has 2 rings (SSSR count). The summed E-state index contributed by atoms with van der Waals surface area (Å²) >= 11 is 4.18. The molecule has 0 aliphatic carbocycles. The third kappa shape index (κ3) is 2.82. The van der Waals surface area contributed by atoms with Crippen molar-refractivity contribution in [2.24, 2.45) is 5.73 Å². The quantitative estimate of drug-likeness (QED) is 0.899. The zero-order valence-electron chi connectivity index (χ0n) is 9.44. The molecule has 0 aliphatic heterocycles. The fraction of sp³-hybridized carbons (Fsp3) is 0. The van der Waals surface area contributed by atoms with E-state index in [1.807, 2.05) is 0 Å². The van der Waals surface area contributed by atoms with Crippen molar-refractivity contribution in [3.05, 3.63) is 51.1 Å². The first-order valence-corrected chi connectivity index (χ1v) is 6.80. The summed E-state index contributed by atoms with van der Waals surface area (Å²) in [6.45, 7) is 0. The van der Waals surface area contributed by atoms with Crippen LogP contribution < -0.4 is 11.1 Å². The van der Waals surface area contributed by atoms with Crippen molar-refractivity contribution in [2.45, 2.75) is 0 Å². The van der Waals surface area contributed by atoms with Crippen LogP contribution in [-0.2, 0) is 0 Å². The van der Waals surface area contributed by atoms with E-state index in [1.165, 1.54) is 35.6 Å². The van der Waals surface area contributed by atoms with Crippen LogP contribution in [0, 0.1) is 5.82 Å². The Hall–Kier alpha value is -1.73. The molecule has 1 aromatic carbocycles. The molecule has 0 bridgehead atoms. The average Bonchev–Trinajstić information content (AvgIpc) is 2.80. The second-order valence-electron chi connectivity index (χ2n) is 3.58. The minimum absolute atomic E-state index is 0.0738. The normalized spacial score (nSPS) is 10.2. The fourth-order valence-corrected chi connectivity index (χ4v) is 2.68. The van der Waals surface area contributed by atoms with E-state index in [-0.39, 0.29) is 15.6 Å². The van der Waals surface area contributed by atoms with Gasteiger partial charge in [-0.3, -0.25) is 9.59 Å². The highest BCUT2D eigenvalue weighted by Crippen LogP contribution is 2.26. The molecule has 1 aromatic heterocycles. The van der Waals surface area contributed by atoms with E-state index in [4.69, 9.17) is 5.73 Å². The Morgan fingerprint density at radius 2 is 2.00 bits per heavy atom. The lowest BCUT2D eigenvalue weighted by atomic mass is 10.2. The minimum Gasteiger partial charge on any atom is -0.366 e. The molecule has 19 heavy (non-hydrogen) atoms. The van der Waals surface area contributed by atoms with Gasteiger partial charge >= 0.3 is 0 Å². The number of benzene rings is 1. The average molecular weight is 343 g/mol. The number of primary amides is 1. The molecule has 2 aromatic rings. The number of nitrogens with two attached hydrogens (primary N) is 1. The number of thiophene rings is 1. The van der Waals surface area contributed by atoms with E-state index in [9.17, 15) is 14.0 Å². The Kier molecular flexibility index (Phi) is 3.96. The minimum atomic E-state index is -0.630. The molecular formula is C12H8BrFN2O2S. The number of hydrogen-bond acceptors (Lipinski definition) is 3. The molecule has 1 heterocycles. The number of halogens is 2. The van der Waals surface area contributed by atoms with E-state index in [0.717, 1.165) is 0 Å². The van der Waals surface area contributed by atoms with E-state index in [2.05, 4.69) is 21.2 Å². The molecule has 7 heteroatoms. The van der Waals surface area contributed by atoms with Crippen molar-refractivity contribution >= 4 is 44.1 Å². The second-order valence-corrected chi connectivity index (χ2v) is 5.29. The van der Waals surface area contributed by atoms with Crippen LogP contribution in [0.2, 0.25) is 0 Å². The first kappa shape index (κ1) is 13.7. The monoisotopic (exact) mass is 342 g/mol. The lowest BCUT2D eigenvalue weighted by Crippen LogP contribution is -2.17. The van der Waals surface area contributed by atoms with Gasteiger partial charge in [0.2, 0.25) is 0 Å². The molecule has 0 unspecified atom stereocenters. The standard InChI is InChI=1S/C12H8BrFN2O2S/c13-9-6(2-1-3-8(9)14)11(18)16-12-7(10(15)17)4-5-19-12/h1-5H,(H2,15,17)(H,16,18). The number of anilines is 1. The van der Waals surface area contributed by atoms with Gasteiger partial charge in [-0.1, -0.05) is 6.07 Å². The van der Waals surface area contributed by atoms with Crippen LogP contribution in [0.3, 0.4) is 0 Å². The molecule has 0 saturated carbocycles. The van der Waals surface area contributed by atoms with Gasteiger partial charge in [0.25, 0.3) is 11.8 Å². The van der Waals surface area contributed by atoms with Gasteiger partial charge in [0, 0.05) is 0 Å². The van der Waals surface area contributed by atoms with Gasteiger partial charge in [-0.05, 0) is 39.5 Å². The summed E-state index contributed by atoms with van der Waals surface area (Å²) in [5, 5.41) is 4.51. The smallest absolute Gasteiger partial charge is 0.257 e. The Bertz CT molecular complexity index is 657. The number of amides is 2. The van der Waals surface area contributed by atoms with Crippen LogP contribution in [0.1, 0.15) is 20.7 Å². The molecule has 3 N–H and O–H groups in total. The summed E-state index contributed by atoms with van der Waals surface area (Å²) in [6.07, 6.45) is 0. The van der Waals surface area contributed by atoms with Crippen molar-refractivity contribution in [1.82, 2.24) is 0 Å². The summed E-state index contributed by atoms with van der Waals surface area (Å²) in [7, 11) is 0. The number of hydrogen-bond donors (Lipinski definition) is 2. The Morgan fingerprint density at radius 1 is 1.26 bits per heavy atom.